The molecule has 2 N–H and O–H groups in total. The van der Waals surface area contributed by atoms with Gasteiger partial charge >= 0.3 is 5.97 Å². The third-order valence-corrected chi connectivity index (χ3v) is 5.26. The number of thiocarbonyl (C=S) groups is 1. The standard InChI is InChI=1S/C18H11NO6S2/c20-12-7-10(2-3-11(12)17(22)23)19-16(21)15(27-18(19)26)6-9-1-4-13-14(5-9)25-8-24-13/h1-7,20H,8H2,(H,22,23). The molecule has 0 unspecified atom stereocenters. The lowest BCUT2D eigenvalue weighted by Gasteiger charge is -2.15. The molecular weight excluding hydrogens is 390 g/mol. The summed E-state index contributed by atoms with van der Waals surface area (Å²) in [5.74, 6) is -0.798. The lowest BCUT2D eigenvalue weighted by atomic mass is 10.1. The highest BCUT2D eigenvalue weighted by Gasteiger charge is 2.34. The molecule has 4 rings (SSSR count). The van der Waals surface area contributed by atoms with Crippen LogP contribution in [0.25, 0.3) is 6.08 Å². The van der Waals surface area contributed by atoms with Crippen molar-refractivity contribution in [2.45, 2.75) is 0 Å². The molecule has 0 aromatic heterocycles. The van der Waals surface area contributed by atoms with Gasteiger partial charge < -0.3 is 19.7 Å². The molecule has 0 radical (unpaired) electrons. The summed E-state index contributed by atoms with van der Waals surface area (Å²) in [7, 11) is 0. The third-order valence-electron chi connectivity index (χ3n) is 3.96. The van der Waals surface area contributed by atoms with Gasteiger partial charge in [-0.15, -0.1) is 0 Å². The molecule has 2 aromatic carbocycles. The van der Waals surface area contributed by atoms with E-state index in [0.717, 1.165) is 17.3 Å². The molecule has 9 heteroatoms. The molecule has 1 amide bonds. The predicted octanol–water partition coefficient (Wildman–Crippen LogP) is 3.22. The van der Waals surface area contributed by atoms with E-state index in [4.69, 9.17) is 26.8 Å². The van der Waals surface area contributed by atoms with Crippen LogP contribution in [0.5, 0.6) is 17.2 Å². The minimum atomic E-state index is -1.26. The van der Waals surface area contributed by atoms with Crippen LogP contribution >= 0.6 is 24.0 Å². The normalized spacial score (nSPS) is 17.0. The quantitative estimate of drug-likeness (QED) is 0.598. The zero-order chi connectivity index (χ0) is 19.1. The highest BCUT2D eigenvalue weighted by molar-refractivity contribution is 8.27. The van der Waals surface area contributed by atoms with E-state index in [0.29, 0.717) is 22.1 Å². The number of anilines is 1. The van der Waals surface area contributed by atoms with Gasteiger partial charge in [-0.05, 0) is 35.9 Å². The molecule has 2 aliphatic heterocycles. The van der Waals surface area contributed by atoms with Crippen LogP contribution < -0.4 is 14.4 Å². The van der Waals surface area contributed by atoms with Crippen LogP contribution in [0.15, 0.2) is 41.3 Å². The SMILES string of the molecule is O=C(O)c1ccc(N2C(=O)C(=Cc3ccc4c(c3)OCO4)SC2=S)cc1O. The van der Waals surface area contributed by atoms with Gasteiger partial charge in [-0.1, -0.05) is 30.0 Å². The Morgan fingerprint density at radius 1 is 1.19 bits per heavy atom. The summed E-state index contributed by atoms with van der Waals surface area (Å²) in [5, 5.41) is 18.9. The van der Waals surface area contributed by atoms with E-state index in [1.165, 1.54) is 23.1 Å². The van der Waals surface area contributed by atoms with Crippen LogP contribution in [0, 0.1) is 0 Å². The fraction of sp³-hybridized carbons (Fsp3) is 0.0556. The predicted molar refractivity (Wildman–Crippen MR) is 103 cm³/mol. The minimum Gasteiger partial charge on any atom is -0.507 e. The topological polar surface area (TPSA) is 96.3 Å². The van der Waals surface area contributed by atoms with Crippen molar-refractivity contribution >= 4 is 51.9 Å². The van der Waals surface area contributed by atoms with Crippen molar-refractivity contribution in [3.8, 4) is 17.2 Å². The monoisotopic (exact) mass is 401 g/mol. The number of thioether (sulfide) groups is 1. The van der Waals surface area contributed by atoms with Crippen molar-refractivity contribution < 1.29 is 29.3 Å². The number of hydrogen-bond donors (Lipinski definition) is 2. The Labute approximate surface area is 162 Å². The van der Waals surface area contributed by atoms with Crippen LogP contribution in [-0.4, -0.2) is 33.2 Å². The van der Waals surface area contributed by atoms with Gasteiger partial charge in [-0.3, -0.25) is 9.69 Å². The number of carboxylic acids is 1. The van der Waals surface area contributed by atoms with Crippen molar-refractivity contribution in [2.75, 3.05) is 11.7 Å². The maximum absolute atomic E-state index is 12.8. The molecule has 1 saturated heterocycles. The molecule has 1 fully saturated rings. The molecule has 0 spiro atoms. The lowest BCUT2D eigenvalue weighted by molar-refractivity contribution is -0.113. The molecule has 27 heavy (non-hydrogen) atoms. The maximum Gasteiger partial charge on any atom is 0.339 e. The molecule has 136 valence electrons. The zero-order valence-electron chi connectivity index (χ0n) is 13.5. The van der Waals surface area contributed by atoms with Gasteiger partial charge in [0.1, 0.15) is 11.3 Å². The zero-order valence-corrected chi connectivity index (χ0v) is 15.2. The Balaban J connectivity index is 1.64. The Bertz CT molecular complexity index is 1030. The second kappa shape index (κ2) is 6.60. The number of fused-ring (bicyclic) bond motifs is 1. The number of carbonyl (C=O) groups is 2. The van der Waals surface area contributed by atoms with Crippen molar-refractivity contribution in [2.24, 2.45) is 0 Å². The number of carbonyl (C=O) groups excluding carboxylic acids is 1. The smallest absolute Gasteiger partial charge is 0.339 e. The van der Waals surface area contributed by atoms with Gasteiger partial charge in [0, 0.05) is 6.07 Å². The summed E-state index contributed by atoms with van der Waals surface area (Å²) < 4.78 is 10.9. The Morgan fingerprint density at radius 2 is 1.96 bits per heavy atom. The molecule has 0 saturated carbocycles. The average molecular weight is 401 g/mol. The fourth-order valence-electron chi connectivity index (χ4n) is 2.68. The van der Waals surface area contributed by atoms with E-state index in [-0.39, 0.29) is 22.6 Å². The highest BCUT2D eigenvalue weighted by Crippen LogP contribution is 2.39. The average Bonchev–Trinajstić information content (AvgIpc) is 3.18. The number of amides is 1. The van der Waals surface area contributed by atoms with E-state index in [9.17, 15) is 14.7 Å². The number of benzene rings is 2. The van der Waals surface area contributed by atoms with Crippen LogP contribution in [-0.2, 0) is 4.79 Å². The minimum absolute atomic E-state index is 0.163. The second-order valence-corrected chi connectivity index (χ2v) is 7.31. The van der Waals surface area contributed by atoms with Gasteiger partial charge in [0.05, 0.1) is 10.6 Å². The second-order valence-electron chi connectivity index (χ2n) is 5.64. The van der Waals surface area contributed by atoms with Crippen LogP contribution in [0.1, 0.15) is 15.9 Å². The van der Waals surface area contributed by atoms with Gasteiger partial charge in [0.2, 0.25) is 6.79 Å². The Kier molecular flexibility index (Phi) is 4.25. The molecular formula is C18H11NO6S2. The number of phenols is 1. The number of aromatic hydroxyl groups is 1. The first-order valence-electron chi connectivity index (χ1n) is 7.68. The summed E-state index contributed by atoms with van der Waals surface area (Å²) >= 11 is 6.40. The van der Waals surface area contributed by atoms with Crippen molar-refractivity contribution in [1.29, 1.82) is 0 Å². The fourth-order valence-corrected chi connectivity index (χ4v) is 3.98. The first kappa shape index (κ1) is 17.4. The van der Waals surface area contributed by atoms with Gasteiger partial charge in [0.25, 0.3) is 5.91 Å². The van der Waals surface area contributed by atoms with Crippen LogP contribution in [0.2, 0.25) is 0 Å². The van der Waals surface area contributed by atoms with Crippen LogP contribution in [0.3, 0.4) is 0 Å². The van der Waals surface area contributed by atoms with E-state index in [2.05, 4.69) is 0 Å². The van der Waals surface area contributed by atoms with E-state index < -0.39 is 11.7 Å². The largest absolute Gasteiger partial charge is 0.507 e. The summed E-state index contributed by atoms with van der Waals surface area (Å²) in [6, 6.07) is 9.19. The number of rotatable bonds is 3. The number of aromatic carboxylic acids is 1. The van der Waals surface area contributed by atoms with E-state index in [1.54, 1.807) is 24.3 Å². The number of nitrogens with zero attached hydrogens (tertiary/aromatic N) is 1. The van der Waals surface area contributed by atoms with Crippen molar-refractivity contribution in [3.63, 3.8) is 0 Å². The summed E-state index contributed by atoms with van der Waals surface area (Å²) in [5.41, 5.74) is 0.804. The lowest BCUT2D eigenvalue weighted by Crippen LogP contribution is -2.27. The highest BCUT2D eigenvalue weighted by atomic mass is 32.2. The Hall–Kier alpha value is -3.04. The van der Waals surface area contributed by atoms with E-state index >= 15 is 0 Å². The summed E-state index contributed by atoms with van der Waals surface area (Å²) in [4.78, 5) is 25.5. The molecule has 0 atom stereocenters. The van der Waals surface area contributed by atoms with Crippen LogP contribution in [0.4, 0.5) is 5.69 Å². The Morgan fingerprint density at radius 3 is 2.70 bits per heavy atom. The molecule has 2 aliphatic rings. The maximum atomic E-state index is 12.8. The van der Waals surface area contributed by atoms with Crippen molar-refractivity contribution in [3.05, 3.63) is 52.4 Å². The van der Waals surface area contributed by atoms with Crippen molar-refractivity contribution in [1.82, 2.24) is 0 Å². The van der Waals surface area contributed by atoms with Gasteiger partial charge in [0.15, 0.2) is 15.8 Å². The summed E-state index contributed by atoms with van der Waals surface area (Å²) in [6.45, 7) is 0.163. The number of ether oxygens (including phenoxy) is 2. The number of carboxylic acid groups (broad SMARTS) is 1. The molecule has 2 heterocycles. The van der Waals surface area contributed by atoms with E-state index in [1.807, 2.05) is 0 Å². The molecule has 7 nitrogen and oxygen atoms in total. The molecule has 0 bridgehead atoms. The first-order valence-corrected chi connectivity index (χ1v) is 8.90. The molecule has 0 aliphatic carbocycles. The molecule has 2 aromatic rings. The first-order chi connectivity index (χ1) is 12.9. The summed E-state index contributed by atoms with van der Waals surface area (Å²) in [6.07, 6.45) is 1.69. The van der Waals surface area contributed by atoms with Gasteiger partial charge in [-0.25, -0.2) is 4.79 Å². The number of hydrogen-bond acceptors (Lipinski definition) is 7. The third kappa shape index (κ3) is 3.11. The van der Waals surface area contributed by atoms with Gasteiger partial charge in [-0.2, -0.15) is 0 Å².